The number of amides is 1. The number of nitrogens with zero attached hydrogens (tertiary/aromatic N) is 1. The first-order valence-corrected chi connectivity index (χ1v) is 6.44. The summed E-state index contributed by atoms with van der Waals surface area (Å²) in [5.74, 6) is -0.125. The predicted octanol–water partition coefficient (Wildman–Crippen LogP) is 2.92. The molecule has 2 rings (SSSR count). The van der Waals surface area contributed by atoms with Crippen LogP contribution >= 0.6 is 0 Å². The van der Waals surface area contributed by atoms with E-state index in [1.54, 1.807) is 0 Å². The molecule has 0 radical (unpaired) electrons. The molecule has 4 nitrogen and oxygen atoms in total. The molecule has 0 spiro atoms. The van der Waals surface area contributed by atoms with Gasteiger partial charge in [-0.15, -0.1) is 0 Å². The Labute approximate surface area is 114 Å². The van der Waals surface area contributed by atoms with Gasteiger partial charge in [-0.25, -0.2) is 0 Å². The first-order valence-electron chi connectivity index (χ1n) is 6.44. The molecular formula is C15H21N3O. The highest BCUT2D eigenvalue weighted by molar-refractivity contribution is 6.04. The van der Waals surface area contributed by atoms with Gasteiger partial charge in [-0.3, -0.25) is 9.79 Å². The molecule has 1 atom stereocenters. The second-order valence-electron chi connectivity index (χ2n) is 4.01. The Morgan fingerprint density at radius 3 is 2.63 bits per heavy atom. The molecule has 1 amide bonds. The van der Waals surface area contributed by atoms with Crippen molar-refractivity contribution in [2.24, 2.45) is 4.99 Å². The summed E-state index contributed by atoms with van der Waals surface area (Å²) in [5, 5.41) is 5.93. The summed E-state index contributed by atoms with van der Waals surface area (Å²) in [4.78, 5) is 15.6. The fourth-order valence-corrected chi connectivity index (χ4v) is 1.80. The number of hydrogen-bond donors (Lipinski definition) is 2. The number of hydrogen-bond acceptors (Lipinski definition) is 3. The van der Waals surface area contributed by atoms with Crippen molar-refractivity contribution in [2.75, 3.05) is 5.32 Å². The minimum absolute atomic E-state index is 0.125. The molecule has 1 aromatic rings. The lowest BCUT2D eigenvalue weighted by atomic mass is 10.1. The molecule has 0 fully saturated rings. The summed E-state index contributed by atoms with van der Waals surface area (Å²) < 4.78 is 0. The number of benzodiazepines with no additional fused rings is 1. The van der Waals surface area contributed by atoms with E-state index < -0.39 is 6.17 Å². The van der Waals surface area contributed by atoms with E-state index in [0.29, 0.717) is 5.70 Å². The molecule has 0 bridgehead atoms. The van der Waals surface area contributed by atoms with Crippen LogP contribution in [0, 0.1) is 0 Å². The fraction of sp³-hybridized carbons (Fsp3) is 0.333. The zero-order chi connectivity index (χ0) is 14.4. The van der Waals surface area contributed by atoms with Crippen molar-refractivity contribution in [1.29, 1.82) is 0 Å². The lowest BCUT2D eigenvalue weighted by Crippen LogP contribution is -2.34. The Bertz CT molecular complexity index is 506. The summed E-state index contributed by atoms with van der Waals surface area (Å²) in [6, 6.07) is 7.87. The lowest BCUT2D eigenvalue weighted by Gasteiger charge is -2.15. The Kier molecular flexibility index (Phi) is 5.30. The number of benzene rings is 1. The molecular weight excluding hydrogens is 238 g/mol. The topological polar surface area (TPSA) is 53.5 Å². The first-order chi connectivity index (χ1) is 9.08. The molecule has 1 heterocycles. The van der Waals surface area contributed by atoms with Crippen LogP contribution in [0.1, 0.15) is 33.3 Å². The number of anilines is 1. The normalized spacial score (nSPS) is 16.9. The van der Waals surface area contributed by atoms with Crippen LogP contribution in [0.5, 0.6) is 0 Å². The minimum atomic E-state index is -0.417. The third kappa shape index (κ3) is 3.68. The van der Waals surface area contributed by atoms with Crippen molar-refractivity contribution in [2.45, 2.75) is 33.9 Å². The molecule has 1 aliphatic rings. The number of aliphatic imine (C=N–C) groups is 1. The van der Waals surface area contributed by atoms with E-state index >= 15 is 0 Å². The summed E-state index contributed by atoms with van der Waals surface area (Å²) in [6.07, 6.45) is -0.417. The van der Waals surface area contributed by atoms with Gasteiger partial charge < -0.3 is 10.6 Å². The van der Waals surface area contributed by atoms with E-state index in [1.165, 1.54) is 6.92 Å². The number of rotatable bonds is 1. The Hall–Kier alpha value is -2.10. The standard InChI is InChI=1S/C13H15N3O.C2H6/c1-8-11-6-4-5-7-12(11)14-9(2)13(15-8)16-10(3)17;1-2/h4-7,13-14H,2H2,1,3H3,(H,16,17);1-2H3. The Morgan fingerprint density at radius 2 is 2.00 bits per heavy atom. The van der Waals surface area contributed by atoms with Gasteiger partial charge in [-0.05, 0) is 13.0 Å². The maximum absolute atomic E-state index is 11.1. The number of carbonyl (C=O) groups excluding carboxylic acids is 1. The van der Waals surface area contributed by atoms with Crippen molar-refractivity contribution in [3.8, 4) is 0 Å². The van der Waals surface area contributed by atoms with Crippen molar-refractivity contribution >= 4 is 17.3 Å². The van der Waals surface area contributed by atoms with Crippen LogP contribution in [0.4, 0.5) is 5.69 Å². The maximum Gasteiger partial charge on any atom is 0.218 e. The van der Waals surface area contributed by atoms with Crippen LogP contribution in [0.25, 0.3) is 0 Å². The van der Waals surface area contributed by atoms with Gasteiger partial charge in [0.25, 0.3) is 0 Å². The maximum atomic E-state index is 11.1. The zero-order valence-corrected chi connectivity index (χ0v) is 11.9. The van der Waals surface area contributed by atoms with Gasteiger partial charge in [-0.2, -0.15) is 0 Å². The molecule has 0 saturated carbocycles. The van der Waals surface area contributed by atoms with Crippen LogP contribution in [0.2, 0.25) is 0 Å². The quantitative estimate of drug-likeness (QED) is 0.814. The molecule has 1 aromatic carbocycles. The van der Waals surface area contributed by atoms with Gasteiger partial charge in [-0.1, -0.05) is 38.6 Å². The Balaban J connectivity index is 0.000000861. The second-order valence-corrected chi connectivity index (χ2v) is 4.01. The molecule has 0 aromatic heterocycles. The lowest BCUT2D eigenvalue weighted by molar-refractivity contribution is -0.119. The highest BCUT2D eigenvalue weighted by Gasteiger charge is 2.18. The predicted molar refractivity (Wildman–Crippen MR) is 80.4 cm³/mol. The van der Waals surface area contributed by atoms with Gasteiger partial charge in [0, 0.05) is 23.9 Å². The van der Waals surface area contributed by atoms with Crippen LogP contribution in [-0.4, -0.2) is 17.8 Å². The van der Waals surface area contributed by atoms with E-state index in [9.17, 15) is 4.79 Å². The highest BCUT2D eigenvalue weighted by atomic mass is 16.1. The zero-order valence-electron chi connectivity index (χ0n) is 11.9. The van der Waals surface area contributed by atoms with Gasteiger partial charge >= 0.3 is 0 Å². The monoisotopic (exact) mass is 259 g/mol. The third-order valence-electron chi connectivity index (χ3n) is 2.60. The van der Waals surface area contributed by atoms with Crippen molar-refractivity contribution in [3.05, 3.63) is 42.1 Å². The minimum Gasteiger partial charge on any atom is -0.356 e. The van der Waals surface area contributed by atoms with Crippen molar-refractivity contribution < 1.29 is 4.79 Å². The molecule has 1 aliphatic heterocycles. The largest absolute Gasteiger partial charge is 0.356 e. The number of carbonyl (C=O) groups is 1. The van der Waals surface area contributed by atoms with E-state index in [1.807, 2.05) is 45.0 Å². The molecule has 19 heavy (non-hydrogen) atoms. The summed E-state index contributed by atoms with van der Waals surface area (Å²) in [6.45, 7) is 11.3. The van der Waals surface area contributed by atoms with Gasteiger partial charge in [0.15, 0.2) is 6.17 Å². The average molecular weight is 259 g/mol. The summed E-state index contributed by atoms with van der Waals surface area (Å²) in [7, 11) is 0. The van der Waals surface area contributed by atoms with Gasteiger partial charge in [0.05, 0.1) is 5.70 Å². The van der Waals surface area contributed by atoms with E-state index in [-0.39, 0.29) is 5.91 Å². The van der Waals surface area contributed by atoms with Crippen LogP contribution in [-0.2, 0) is 4.79 Å². The summed E-state index contributed by atoms with van der Waals surface area (Å²) >= 11 is 0. The molecule has 4 heteroatoms. The van der Waals surface area contributed by atoms with Crippen molar-refractivity contribution in [3.63, 3.8) is 0 Å². The molecule has 0 aliphatic carbocycles. The summed E-state index contributed by atoms with van der Waals surface area (Å²) in [5.41, 5.74) is 3.54. The molecule has 1 unspecified atom stereocenters. The molecule has 0 saturated heterocycles. The number of para-hydroxylation sites is 1. The van der Waals surface area contributed by atoms with E-state index in [0.717, 1.165) is 17.0 Å². The average Bonchev–Trinajstić information content (AvgIpc) is 2.50. The van der Waals surface area contributed by atoms with E-state index in [2.05, 4.69) is 22.2 Å². The van der Waals surface area contributed by atoms with Gasteiger partial charge in [0.1, 0.15) is 0 Å². The van der Waals surface area contributed by atoms with E-state index in [4.69, 9.17) is 0 Å². The number of nitrogens with one attached hydrogen (secondary N) is 2. The van der Waals surface area contributed by atoms with Crippen LogP contribution < -0.4 is 10.6 Å². The smallest absolute Gasteiger partial charge is 0.218 e. The fourth-order valence-electron chi connectivity index (χ4n) is 1.80. The first kappa shape index (κ1) is 15.0. The van der Waals surface area contributed by atoms with Gasteiger partial charge in [0.2, 0.25) is 5.91 Å². The third-order valence-corrected chi connectivity index (χ3v) is 2.60. The Morgan fingerprint density at radius 1 is 1.37 bits per heavy atom. The molecule has 102 valence electrons. The van der Waals surface area contributed by atoms with Crippen LogP contribution in [0.3, 0.4) is 0 Å². The van der Waals surface area contributed by atoms with Crippen molar-refractivity contribution in [1.82, 2.24) is 5.32 Å². The second kappa shape index (κ2) is 6.73. The highest BCUT2D eigenvalue weighted by Crippen LogP contribution is 2.22. The molecule has 2 N–H and O–H groups in total. The number of fused-ring (bicyclic) bond motifs is 1. The van der Waals surface area contributed by atoms with Crippen LogP contribution in [0.15, 0.2) is 41.5 Å². The SMILES string of the molecule is C=C1Nc2ccccc2C(C)=NC1NC(C)=O.CC.